The number of nitrogens with one attached hydrogen (secondary N) is 2. The van der Waals surface area contributed by atoms with Crippen LogP contribution in [0.25, 0.3) is 5.57 Å². The van der Waals surface area contributed by atoms with Crippen LogP contribution in [0.15, 0.2) is 24.4 Å². The Balaban J connectivity index is 1.58. The molecule has 1 saturated carbocycles. The highest BCUT2D eigenvalue weighted by Gasteiger charge is 2.33. The molecule has 1 saturated heterocycles. The van der Waals surface area contributed by atoms with E-state index in [-0.39, 0.29) is 18.2 Å². The molecule has 2 fully saturated rings. The van der Waals surface area contributed by atoms with Gasteiger partial charge >= 0.3 is 6.09 Å². The van der Waals surface area contributed by atoms with Gasteiger partial charge in [-0.25, -0.2) is 4.79 Å². The molecule has 2 aliphatic heterocycles. The molecule has 3 aliphatic rings. The number of ether oxygens (including phenoxy) is 2. The number of allylic oxidation sites excluding steroid dienone is 1. The Labute approximate surface area is 178 Å². The summed E-state index contributed by atoms with van der Waals surface area (Å²) < 4.78 is 11.1. The standard InChI is InChI=1S/C23H32N4O3/c1-16-15-27(23(28)30-20-4-3-5-20)22-12-17(6-7-21(22)26(16)2)18(13-24)14-25-19-8-10-29-11-9-19/h6-7,12-14,16,19-20,24-25H,3-5,8-11,15H2,1-2H3/b18-14+,24-13?. The van der Waals surface area contributed by atoms with Gasteiger partial charge in [0.25, 0.3) is 0 Å². The van der Waals surface area contributed by atoms with E-state index in [0.29, 0.717) is 12.6 Å². The number of benzene rings is 1. The van der Waals surface area contributed by atoms with Crippen molar-refractivity contribution in [2.24, 2.45) is 0 Å². The zero-order valence-electron chi connectivity index (χ0n) is 17.9. The largest absolute Gasteiger partial charge is 0.446 e. The summed E-state index contributed by atoms with van der Waals surface area (Å²) in [6.45, 7) is 4.24. The monoisotopic (exact) mass is 412 g/mol. The Hall–Kier alpha value is -2.54. The SMILES string of the molecule is CC1CN(C(=O)OC2CCC2)c2cc(/C(C=N)=C/NC3CCOCC3)ccc2N1C. The smallest absolute Gasteiger partial charge is 0.414 e. The van der Waals surface area contributed by atoms with Crippen LogP contribution < -0.4 is 15.1 Å². The van der Waals surface area contributed by atoms with Crippen LogP contribution in [0.2, 0.25) is 0 Å². The quantitative estimate of drug-likeness (QED) is 0.720. The third kappa shape index (κ3) is 4.31. The van der Waals surface area contributed by atoms with Gasteiger partial charge in [0.05, 0.1) is 11.4 Å². The zero-order chi connectivity index (χ0) is 21.1. The molecule has 1 aromatic carbocycles. The fraction of sp³-hybridized carbons (Fsp3) is 0.565. The maximum absolute atomic E-state index is 12.9. The highest BCUT2D eigenvalue weighted by atomic mass is 16.6. The van der Waals surface area contributed by atoms with Gasteiger partial charge in [0.2, 0.25) is 0 Å². The van der Waals surface area contributed by atoms with E-state index in [0.717, 1.165) is 67.8 Å². The fourth-order valence-electron chi connectivity index (χ4n) is 4.09. The minimum atomic E-state index is -0.265. The summed E-state index contributed by atoms with van der Waals surface area (Å²) in [5.74, 6) is 0. The zero-order valence-corrected chi connectivity index (χ0v) is 17.9. The molecule has 1 atom stereocenters. The lowest BCUT2D eigenvalue weighted by Gasteiger charge is -2.41. The average molecular weight is 413 g/mol. The van der Waals surface area contributed by atoms with Gasteiger partial charge in [-0.15, -0.1) is 0 Å². The predicted octanol–water partition coefficient (Wildman–Crippen LogP) is 3.78. The van der Waals surface area contributed by atoms with Crippen LogP contribution in [0.1, 0.15) is 44.6 Å². The van der Waals surface area contributed by atoms with Gasteiger partial charge in [0, 0.05) is 56.9 Å². The van der Waals surface area contributed by atoms with Crippen LogP contribution in [0, 0.1) is 5.41 Å². The summed E-state index contributed by atoms with van der Waals surface area (Å²) in [7, 11) is 2.05. The maximum Gasteiger partial charge on any atom is 0.414 e. The summed E-state index contributed by atoms with van der Waals surface area (Å²) in [5, 5.41) is 11.3. The molecule has 162 valence electrons. The summed E-state index contributed by atoms with van der Waals surface area (Å²) in [6.07, 6.45) is 8.05. The van der Waals surface area contributed by atoms with E-state index in [4.69, 9.17) is 14.9 Å². The number of rotatable bonds is 5. The Kier molecular flexibility index (Phi) is 6.27. The van der Waals surface area contributed by atoms with Crippen LogP contribution in [0.3, 0.4) is 0 Å². The molecule has 0 radical (unpaired) electrons. The number of anilines is 2. The minimum absolute atomic E-state index is 0.0554. The van der Waals surface area contributed by atoms with E-state index in [1.807, 2.05) is 24.4 Å². The van der Waals surface area contributed by atoms with Crippen LogP contribution in [0.4, 0.5) is 16.2 Å². The van der Waals surface area contributed by atoms with Crippen molar-refractivity contribution in [3.8, 4) is 0 Å². The second kappa shape index (κ2) is 9.08. The Morgan fingerprint density at radius 1 is 1.23 bits per heavy atom. The van der Waals surface area contributed by atoms with Crippen molar-refractivity contribution in [2.45, 2.75) is 57.2 Å². The Morgan fingerprint density at radius 2 is 2.00 bits per heavy atom. The first-order valence-corrected chi connectivity index (χ1v) is 11.0. The summed E-state index contributed by atoms with van der Waals surface area (Å²) >= 11 is 0. The average Bonchev–Trinajstić information content (AvgIpc) is 2.74. The molecule has 0 bridgehead atoms. The lowest BCUT2D eigenvalue weighted by molar-refractivity contribution is 0.0570. The van der Waals surface area contributed by atoms with E-state index in [9.17, 15) is 4.79 Å². The number of nitrogens with zero attached hydrogens (tertiary/aromatic N) is 2. The first-order valence-electron chi connectivity index (χ1n) is 11.0. The normalized spacial score (nSPS) is 22.9. The minimum Gasteiger partial charge on any atom is -0.446 e. The lowest BCUT2D eigenvalue weighted by atomic mass is 9.96. The number of fused-ring (bicyclic) bond motifs is 1. The van der Waals surface area contributed by atoms with Crippen LogP contribution in [0.5, 0.6) is 0 Å². The summed E-state index contributed by atoms with van der Waals surface area (Å²) in [6, 6.07) is 6.63. The fourth-order valence-corrected chi connectivity index (χ4v) is 4.09. The molecule has 2 N–H and O–H groups in total. The van der Waals surface area contributed by atoms with E-state index in [1.54, 1.807) is 4.90 Å². The molecule has 30 heavy (non-hydrogen) atoms. The summed E-state index contributed by atoms with van der Waals surface area (Å²) in [4.78, 5) is 16.9. The van der Waals surface area contributed by atoms with Gasteiger partial charge in [-0.3, -0.25) is 4.90 Å². The highest BCUT2D eigenvalue weighted by Crippen LogP contribution is 2.37. The molecule has 0 spiro atoms. The maximum atomic E-state index is 12.9. The van der Waals surface area contributed by atoms with Gasteiger partial charge in [-0.2, -0.15) is 0 Å². The second-order valence-electron chi connectivity index (χ2n) is 8.51. The first-order chi connectivity index (χ1) is 14.6. The molecule has 7 heteroatoms. The molecule has 7 nitrogen and oxygen atoms in total. The van der Waals surface area contributed by atoms with Crippen molar-refractivity contribution in [1.82, 2.24) is 5.32 Å². The van der Waals surface area contributed by atoms with E-state index in [2.05, 4.69) is 24.2 Å². The van der Waals surface area contributed by atoms with E-state index < -0.39 is 0 Å². The number of amides is 1. The van der Waals surface area contributed by atoms with Gasteiger partial charge in [-0.05, 0) is 56.7 Å². The van der Waals surface area contributed by atoms with Crippen molar-refractivity contribution < 1.29 is 14.3 Å². The van der Waals surface area contributed by atoms with Gasteiger partial charge in [0.1, 0.15) is 6.10 Å². The number of hydrogen-bond acceptors (Lipinski definition) is 6. The van der Waals surface area contributed by atoms with Crippen molar-refractivity contribution in [3.05, 3.63) is 30.0 Å². The van der Waals surface area contributed by atoms with Crippen LogP contribution >= 0.6 is 0 Å². The third-order valence-corrected chi connectivity index (χ3v) is 6.48. The van der Waals surface area contributed by atoms with Crippen molar-refractivity contribution >= 4 is 29.3 Å². The molecule has 4 rings (SSSR count). The highest BCUT2D eigenvalue weighted by molar-refractivity contribution is 6.09. The Bertz CT molecular complexity index is 815. The summed E-state index contributed by atoms with van der Waals surface area (Å²) in [5.41, 5.74) is 3.55. The van der Waals surface area contributed by atoms with Crippen LogP contribution in [-0.4, -0.2) is 57.3 Å². The van der Waals surface area contributed by atoms with Crippen molar-refractivity contribution in [2.75, 3.05) is 36.6 Å². The predicted molar refractivity (Wildman–Crippen MR) is 120 cm³/mol. The van der Waals surface area contributed by atoms with Crippen molar-refractivity contribution in [3.63, 3.8) is 0 Å². The lowest BCUT2D eigenvalue weighted by Crippen LogP contribution is -2.49. The molecule has 1 aliphatic carbocycles. The number of carbonyl (C=O) groups excluding carboxylic acids is 1. The molecule has 2 heterocycles. The van der Waals surface area contributed by atoms with Gasteiger partial charge < -0.3 is 25.1 Å². The van der Waals surface area contributed by atoms with E-state index in [1.165, 1.54) is 6.21 Å². The first kappa shape index (κ1) is 20.7. The molecule has 0 aromatic heterocycles. The topological polar surface area (TPSA) is 77.9 Å². The molecular weight excluding hydrogens is 380 g/mol. The molecule has 1 unspecified atom stereocenters. The van der Waals surface area contributed by atoms with Gasteiger partial charge in [-0.1, -0.05) is 6.07 Å². The third-order valence-electron chi connectivity index (χ3n) is 6.48. The number of carbonyl (C=O) groups is 1. The Morgan fingerprint density at radius 3 is 2.67 bits per heavy atom. The molecular formula is C23H32N4O3. The van der Waals surface area contributed by atoms with Crippen LogP contribution in [-0.2, 0) is 9.47 Å². The van der Waals surface area contributed by atoms with Gasteiger partial charge in [0.15, 0.2) is 0 Å². The number of likely N-dealkylation sites (N-methyl/N-ethyl adjacent to an activating group) is 1. The second-order valence-corrected chi connectivity index (χ2v) is 8.51. The van der Waals surface area contributed by atoms with E-state index >= 15 is 0 Å². The molecule has 1 amide bonds. The number of hydrogen-bond donors (Lipinski definition) is 2. The van der Waals surface area contributed by atoms with Crippen molar-refractivity contribution in [1.29, 1.82) is 5.41 Å². The molecule has 1 aromatic rings.